The highest BCUT2D eigenvalue weighted by Crippen LogP contribution is 2.28. The molecule has 0 saturated heterocycles. The number of anilines is 1. The molecule has 0 fully saturated rings. The molecular weight excluding hydrogens is 434 g/mol. The minimum Gasteiger partial charge on any atom is -0.497 e. The van der Waals surface area contributed by atoms with Gasteiger partial charge in [0, 0.05) is 5.69 Å². The molecule has 3 rings (SSSR count). The summed E-state index contributed by atoms with van der Waals surface area (Å²) in [4.78, 5) is 24.7. The molecule has 0 spiro atoms. The number of benzene rings is 3. The predicted octanol–water partition coefficient (Wildman–Crippen LogP) is 4.01. The van der Waals surface area contributed by atoms with E-state index in [-0.39, 0.29) is 0 Å². The van der Waals surface area contributed by atoms with Gasteiger partial charge in [-0.05, 0) is 60.5 Å². The van der Waals surface area contributed by atoms with Gasteiger partial charge in [0.1, 0.15) is 18.3 Å². The van der Waals surface area contributed by atoms with Crippen LogP contribution in [-0.4, -0.2) is 32.2 Å². The van der Waals surface area contributed by atoms with Crippen molar-refractivity contribution in [1.29, 1.82) is 0 Å². The first-order valence-corrected chi connectivity index (χ1v) is 10.6. The van der Waals surface area contributed by atoms with Crippen LogP contribution in [-0.2, 0) is 16.2 Å². The van der Waals surface area contributed by atoms with Crippen molar-refractivity contribution < 1.29 is 23.8 Å². The van der Waals surface area contributed by atoms with Gasteiger partial charge in [-0.25, -0.2) is 5.43 Å². The molecule has 176 valence electrons. The fraction of sp³-hybridized carbons (Fsp3) is 0.192. The molecular formula is C26H27N3O5. The van der Waals surface area contributed by atoms with E-state index in [0.29, 0.717) is 35.1 Å². The van der Waals surface area contributed by atoms with Crippen LogP contribution in [0, 0.1) is 5.92 Å². The summed E-state index contributed by atoms with van der Waals surface area (Å²) in [5.41, 5.74) is 4.70. The standard InChI is InChI=1S/C26H27N3O5/c1-18(25(30)28-21-10-12-22(32-2)13-11-21)26(31)29-27-16-20-9-14-23(24(15-20)33-3)34-17-19-7-5-4-6-8-19/h4-16,18H,17H2,1-3H3,(H,28,30)(H,29,31). The van der Waals surface area contributed by atoms with Crippen LogP contribution in [0.2, 0.25) is 0 Å². The zero-order chi connectivity index (χ0) is 24.3. The number of nitrogens with one attached hydrogen (secondary N) is 2. The van der Waals surface area contributed by atoms with Crippen LogP contribution < -0.4 is 25.0 Å². The highest BCUT2D eigenvalue weighted by molar-refractivity contribution is 6.06. The van der Waals surface area contributed by atoms with Crippen LogP contribution >= 0.6 is 0 Å². The molecule has 0 aliphatic carbocycles. The maximum Gasteiger partial charge on any atom is 0.252 e. The first-order valence-electron chi connectivity index (χ1n) is 10.6. The highest BCUT2D eigenvalue weighted by atomic mass is 16.5. The zero-order valence-corrected chi connectivity index (χ0v) is 19.3. The molecule has 1 unspecified atom stereocenters. The number of ether oxygens (including phenoxy) is 3. The Balaban J connectivity index is 1.53. The van der Waals surface area contributed by atoms with Crippen molar-refractivity contribution in [1.82, 2.24) is 5.43 Å². The number of carbonyl (C=O) groups is 2. The van der Waals surface area contributed by atoms with E-state index in [0.717, 1.165) is 5.56 Å². The van der Waals surface area contributed by atoms with Gasteiger partial charge in [-0.15, -0.1) is 0 Å². The van der Waals surface area contributed by atoms with Gasteiger partial charge < -0.3 is 19.5 Å². The maximum absolute atomic E-state index is 12.3. The van der Waals surface area contributed by atoms with E-state index < -0.39 is 17.7 Å². The number of methoxy groups -OCH3 is 2. The average molecular weight is 462 g/mol. The van der Waals surface area contributed by atoms with Gasteiger partial charge in [-0.1, -0.05) is 30.3 Å². The minimum atomic E-state index is -0.942. The second-order valence-corrected chi connectivity index (χ2v) is 7.36. The van der Waals surface area contributed by atoms with Crippen LogP contribution in [0.15, 0.2) is 77.9 Å². The Morgan fingerprint density at radius 2 is 1.65 bits per heavy atom. The van der Waals surface area contributed by atoms with E-state index in [1.54, 1.807) is 56.7 Å². The number of hydrogen-bond donors (Lipinski definition) is 2. The number of hydrazone groups is 1. The number of rotatable bonds is 10. The van der Waals surface area contributed by atoms with Crippen LogP contribution in [0.5, 0.6) is 17.2 Å². The molecule has 8 heteroatoms. The van der Waals surface area contributed by atoms with Gasteiger partial charge in [-0.2, -0.15) is 5.10 Å². The summed E-state index contributed by atoms with van der Waals surface area (Å²) < 4.78 is 16.3. The summed E-state index contributed by atoms with van der Waals surface area (Å²) in [7, 11) is 3.11. The van der Waals surface area contributed by atoms with Crippen LogP contribution in [0.1, 0.15) is 18.1 Å². The van der Waals surface area contributed by atoms with E-state index in [1.807, 2.05) is 30.3 Å². The molecule has 34 heavy (non-hydrogen) atoms. The van der Waals surface area contributed by atoms with Crippen molar-refractivity contribution in [2.24, 2.45) is 11.0 Å². The quantitative estimate of drug-likeness (QED) is 0.270. The fourth-order valence-corrected chi connectivity index (χ4v) is 2.93. The lowest BCUT2D eigenvalue weighted by Gasteiger charge is -2.12. The Hall–Kier alpha value is -4.33. The lowest BCUT2D eigenvalue weighted by atomic mass is 10.1. The van der Waals surface area contributed by atoms with Crippen LogP contribution in [0.4, 0.5) is 5.69 Å². The van der Waals surface area contributed by atoms with Crippen molar-refractivity contribution in [3.8, 4) is 17.2 Å². The Labute approximate surface area is 198 Å². The average Bonchev–Trinajstić information content (AvgIpc) is 2.88. The summed E-state index contributed by atoms with van der Waals surface area (Å²) in [6, 6.07) is 22.0. The summed E-state index contributed by atoms with van der Waals surface area (Å²) in [5.74, 6) is -0.112. The third kappa shape index (κ3) is 6.83. The molecule has 3 aromatic carbocycles. The fourth-order valence-electron chi connectivity index (χ4n) is 2.93. The van der Waals surface area contributed by atoms with Crippen molar-refractivity contribution in [2.45, 2.75) is 13.5 Å². The van der Waals surface area contributed by atoms with Gasteiger partial charge in [-0.3, -0.25) is 9.59 Å². The largest absolute Gasteiger partial charge is 0.497 e. The van der Waals surface area contributed by atoms with Gasteiger partial charge in [0.05, 0.1) is 20.4 Å². The Morgan fingerprint density at radius 3 is 2.32 bits per heavy atom. The van der Waals surface area contributed by atoms with Crippen molar-refractivity contribution >= 4 is 23.7 Å². The Kier molecular flexibility index (Phi) is 8.62. The maximum atomic E-state index is 12.3. The molecule has 2 amide bonds. The summed E-state index contributed by atoms with van der Waals surface area (Å²) in [6.45, 7) is 1.92. The third-order valence-corrected chi connectivity index (χ3v) is 4.96. The normalized spacial score (nSPS) is 11.5. The second kappa shape index (κ2) is 12.1. The lowest BCUT2D eigenvalue weighted by molar-refractivity contribution is -0.131. The molecule has 0 saturated carbocycles. The van der Waals surface area contributed by atoms with Crippen molar-refractivity contribution in [3.63, 3.8) is 0 Å². The first-order chi connectivity index (χ1) is 16.5. The zero-order valence-electron chi connectivity index (χ0n) is 19.3. The molecule has 3 aromatic rings. The summed E-state index contributed by atoms with van der Waals surface area (Å²) in [6.07, 6.45) is 1.47. The number of carbonyl (C=O) groups excluding carboxylic acids is 2. The molecule has 0 bridgehead atoms. The Morgan fingerprint density at radius 1 is 0.912 bits per heavy atom. The topological polar surface area (TPSA) is 98.2 Å². The molecule has 2 N–H and O–H groups in total. The summed E-state index contributed by atoms with van der Waals surface area (Å²) >= 11 is 0. The smallest absolute Gasteiger partial charge is 0.252 e. The first kappa shape index (κ1) is 24.3. The van der Waals surface area contributed by atoms with Crippen LogP contribution in [0.25, 0.3) is 0 Å². The van der Waals surface area contributed by atoms with Gasteiger partial charge in [0.2, 0.25) is 5.91 Å². The van der Waals surface area contributed by atoms with E-state index in [4.69, 9.17) is 14.2 Å². The lowest BCUT2D eigenvalue weighted by Crippen LogP contribution is -2.34. The molecule has 1 atom stereocenters. The molecule has 0 radical (unpaired) electrons. The second-order valence-electron chi connectivity index (χ2n) is 7.36. The van der Waals surface area contributed by atoms with E-state index in [9.17, 15) is 9.59 Å². The van der Waals surface area contributed by atoms with E-state index in [2.05, 4.69) is 15.8 Å². The molecule has 0 aromatic heterocycles. The van der Waals surface area contributed by atoms with Crippen LogP contribution in [0.3, 0.4) is 0 Å². The summed E-state index contributed by atoms with van der Waals surface area (Å²) in [5, 5.41) is 6.65. The highest BCUT2D eigenvalue weighted by Gasteiger charge is 2.21. The van der Waals surface area contributed by atoms with Crippen molar-refractivity contribution in [2.75, 3.05) is 19.5 Å². The van der Waals surface area contributed by atoms with E-state index in [1.165, 1.54) is 13.1 Å². The Bertz CT molecular complexity index is 1130. The third-order valence-electron chi connectivity index (χ3n) is 4.96. The van der Waals surface area contributed by atoms with Gasteiger partial charge >= 0.3 is 0 Å². The minimum absolute atomic E-state index is 0.414. The molecule has 8 nitrogen and oxygen atoms in total. The predicted molar refractivity (Wildman–Crippen MR) is 130 cm³/mol. The molecule has 0 aliphatic rings. The number of amides is 2. The van der Waals surface area contributed by atoms with Gasteiger partial charge in [0.25, 0.3) is 5.91 Å². The van der Waals surface area contributed by atoms with Crippen molar-refractivity contribution in [3.05, 3.63) is 83.9 Å². The SMILES string of the molecule is COc1ccc(NC(=O)C(C)C(=O)NN=Cc2ccc(OCc3ccccc3)c(OC)c2)cc1. The van der Waals surface area contributed by atoms with E-state index >= 15 is 0 Å². The molecule has 0 heterocycles. The number of nitrogens with zero attached hydrogens (tertiary/aromatic N) is 1. The van der Waals surface area contributed by atoms with Gasteiger partial charge in [0.15, 0.2) is 11.5 Å². The number of hydrogen-bond acceptors (Lipinski definition) is 6. The monoisotopic (exact) mass is 461 g/mol. The molecule has 0 aliphatic heterocycles.